The fourth-order valence-corrected chi connectivity index (χ4v) is 3.19. The number of para-hydroxylation sites is 2. The molecule has 0 spiro atoms. The van der Waals surface area contributed by atoms with Crippen LogP contribution in [0.1, 0.15) is 12.0 Å². The van der Waals surface area contributed by atoms with Crippen molar-refractivity contribution in [3.05, 3.63) is 60.2 Å². The maximum absolute atomic E-state index is 12.7. The van der Waals surface area contributed by atoms with E-state index in [0.29, 0.717) is 6.54 Å². The van der Waals surface area contributed by atoms with Crippen molar-refractivity contribution in [3.8, 4) is 0 Å². The predicted octanol–water partition coefficient (Wildman–Crippen LogP) is 1.50. The zero-order valence-corrected chi connectivity index (χ0v) is 14.7. The third-order valence-corrected chi connectivity index (χ3v) is 4.46. The molecule has 0 saturated heterocycles. The van der Waals surface area contributed by atoms with Crippen molar-refractivity contribution in [2.45, 2.75) is 13.0 Å². The van der Waals surface area contributed by atoms with Crippen LogP contribution in [0, 0.1) is 0 Å². The van der Waals surface area contributed by atoms with Gasteiger partial charge in [0.15, 0.2) is 0 Å². The Morgan fingerprint density at radius 1 is 0.962 bits per heavy atom. The van der Waals surface area contributed by atoms with Crippen LogP contribution in [0.5, 0.6) is 0 Å². The summed E-state index contributed by atoms with van der Waals surface area (Å²) in [5.74, 6) is -0.451. The minimum atomic E-state index is -0.327. The minimum Gasteiger partial charge on any atom is -0.365 e. The molecule has 0 atom stereocenters. The monoisotopic (exact) mass is 352 g/mol. The summed E-state index contributed by atoms with van der Waals surface area (Å²) >= 11 is 0. The summed E-state index contributed by atoms with van der Waals surface area (Å²) in [4.78, 5) is 28.1. The minimum absolute atomic E-state index is 0.0386. The average Bonchev–Trinajstić information content (AvgIpc) is 2.86. The molecule has 2 aromatic carbocycles. The van der Waals surface area contributed by atoms with Crippen LogP contribution in [0.25, 0.3) is 0 Å². The molecule has 136 valence electrons. The molecule has 1 aliphatic rings. The van der Waals surface area contributed by atoms with Crippen LogP contribution >= 0.6 is 0 Å². The second kappa shape index (κ2) is 8.49. The van der Waals surface area contributed by atoms with Crippen LogP contribution < -0.4 is 20.9 Å². The van der Waals surface area contributed by atoms with Gasteiger partial charge in [0, 0.05) is 19.6 Å². The van der Waals surface area contributed by atoms with Crippen molar-refractivity contribution in [3.63, 3.8) is 0 Å². The summed E-state index contributed by atoms with van der Waals surface area (Å²) in [7, 11) is 0. The molecule has 1 heterocycles. The van der Waals surface area contributed by atoms with Gasteiger partial charge in [0.25, 0.3) is 0 Å². The van der Waals surface area contributed by atoms with Crippen LogP contribution in [0.4, 0.5) is 11.4 Å². The number of carbonyl (C=O) groups excluding carboxylic acids is 2. The van der Waals surface area contributed by atoms with Crippen molar-refractivity contribution in [1.29, 1.82) is 0 Å². The lowest BCUT2D eigenvalue weighted by Gasteiger charge is -2.27. The highest BCUT2D eigenvalue weighted by atomic mass is 16.2. The molecular formula is C20H24N4O2. The quantitative estimate of drug-likeness (QED) is 0.855. The summed E-state index contributed by atoms with van der Waals surface area (Å²) in [5.41, 5.74) is 8.44. The van der Waals surface area contributed by atoms with Gasteiger partial charge in [-0.05, 0) is 24.1 Å². The number of nitrogens with two attached hydrogens (primary N) is 1. The summed E-state index contributed by atoms with van der Waals surface area (Å²) in [5, 5.41) is 2.56. The van der Waals surface area contributed by atoms with E-state index in [0.717, 1.165) is 30.9 Å². The molecule has 0 radical (unpaired) electrons. The zero-order chi connectivity index (χ0) is 18.4. The average molecular weight is 352 g/mol. The maximum Gasteiger partial charge on any atom is 0.246 e. The topological polar surface area (TPSA) is 78.7 Å². The molecule has 0 fully saturated rings. The SMILES string of the molecule is NCC(=O)NCC(=O)N1CCCN(Cc2ccccc2)c2ccccc21. The highest BCUT2D eigenvalue weighted by Crippen LogP contribution is 2.33. The molecule has 2 aromatic rings. The number of hydrogen-bond acceptors (Lipinski definition) is 4. The van der Waals surface area contributed by atoms with Gasteiger partial charge in [-0.2, -0.15) is 0 Å². The second-order valence-electron chi connectivity index (χ2n) is 6.28. The number of rotatable bonds is 5. The lowest BCUT2D eigenvalue weighted by atomic mass is 10.1. The highest BCUT2D eigenvalue weighted by molar-refractivity contribution is 5.99. The Balaban J connectivity index is 1.81. The van der Waals surface area contributed by atoms with Gasteiger partial charge in [-0.1, -0.05) is 42.5 Å². The molecule has 0 bridgehead atoms. The fourth-order valence-electron chi connectivity index (χ4n) is 3.19. The summed E-state index contributed by atoms with van der Waals surface area (Å²) in [6.07, 6.45) is 0.859. The van der Waals surface area contributed by atoms with Crippen LogP contribution in [0.15, 0.2) is 54.6 Å². The van der Waals surface area contributed by atoms with Gasteiger partial charge in [0.1, 0.15) is 0 Å². The lowest BCUT2D eigenvalue weighted by Crippen LogP contribution is -2.42. The number of anilines is 2. The van der Waals surface area contributed by atoms with Crippen LogP contribution in [0.2, 0.25) is 0 Å². The third-order valence-electron chi connectivity index (χ3n) is 4.46. The molecule has 0 aliphatic carbocycles. The Hall–Kier alpha value is -2.86. The lowest BCUT2D eigenvalue weighted by molar-refractivity contribution is -0.124. The van der Waals surface area contributed by atoms with E-state index in [-0.39, 0.29) is 24.9 Å². The predicted molar refractivity (Wildman–Crippen MR) is 103 cm³/mol. The Morgan fingerprint density at radius 3 is 2.38 bits per heavy atom. The smallest absolute Gasteiger partial charge is 0.246 e. The van der Waals surface area contributed by atoms with Gasteiger partial charge < -0.3 is 20.9 Å². The maximum atomic E-state index is 12.7. The molecular weight excluding hydrogens is 328 g/mol. The van der Waals surface area contributed by atoms with E-state index in [1.807, 2.05) is 42.5 Å². The first kappa shape index (κ1) is 17.9. The van der Waals surface area contributed by atoms with E-state index in [2.05, 4.69) is 22.3 Å². The van der Waals surface area contributed by atoms with Crippen LogP contribution in [-0.2, 0) is 16.1 Å². The number of fused-ring (bicyclic) bond motifs is 1. The van der Waals surface area contributed by atoms with Crippen molar-refractivity contribution >= 4 is 23.2 Å². The Morgan fingerprint density at radius 2 is 1.65 bits per heavy atom. The zero-order valence-electron chi connectivity index (χ0n) is 14.7. The number of nitrogens with one attached hydrogen (secondary N) is 1. The van der Waals surface area contributed by atoms with Gasteiger partial charge in [0.05, 0.1) is 24.5 Å². The largest absolute Gasteiger partial charge is 0.365 e. The van der Waals surface area contributed by atoms with Gasteiger partial charge in [0.2, 0.25) is 11.8 Å². The van der Waals surface area contributed by atoms with E-state index in [9.17, 15) is 9.59 Å². The van der Waals surface area contributed by atoms with Crippen molar-refractivity contribution in [2.24, 2.45) is 5.73 Å². The highest BCUT2D eigenvalue weighted by Gasteiger charge is 2.24. The number of hydrogen-bond donors (Lipinski definition) is 2. The first-order chi connectivity index (χ1) is 12.7. The summed E-state index contributed by atoms with van der Waals surface area (Å²) in [6.45, 7) is 2.13. The van der Waals surface area contributed by atoms with E-state index >= 15 is 0 Å². The summed E-state index contributed by atoms with van der Waals surface area (Å²) < 4.78 is 0. The van der Waals surface area contributed by atoms with Crippen molar-refractivity contribution in [2.75, 3.05) is 36.0 Å². The number of nitrogens with zero attached hydrogens (tertiary/aromatic N) is 2. The third kappa shape index (κ3) is 4.21. The number of amides is 2. The van der Waals surface area contributed by atoms with E-state index in [4.69, 9.17) is 5.73 Å². The second-order valence-corrected chi connectivity index (χ2v) is 6.28. The van der Waals surface area contributed by atoms with Crippen LogP contribution in [-0.4, -0.2) is 38.0 Å². The van der Waals surface area contributed by atoms with Crippen LogP contribution in [0.3, 0.4) is 0 Å². The van der Waals surface area contributed by atoms with Gasteiger partial charge in [-0.25, -0.2) is 0 Å². The number of carbonyl (C=O) groups is 2. The van der Waals surface area contributed by atoms with Gasteiger partial charge in [-0.3, -0.25) is 9.59 Å². The molecule has 1 aliphatic heterocycles. The van der Waals surface area contributed by atoms with Crippen molar-refractivity contribution < 1.29 is 9.59 Å². The van der Waals surface area contributed by atoms with E-state index < -0.39 is 0 Å². The molecule has 2 amide bonds. The van der Waals surface area contributed by atoms with E-state index in [1.165, 1.54) is 5.56 Å². The molecule has 0 unspecified atom stereocenters. The van der Waals surface area contributed by atoms with Crippen molar-refractivity contribution in [1.82, 2.24) is 5.32 Å². The fraction of sp³-hybridized carbons (Fsp3) is 0.300. The molecule has 3 N–H and O–H groups in total. The first-order valence-corrected chi connectivity index (χ1v) is 8.84. The molecule has 0 saturated carbocycles. The molecule has 26 heavy (non-hydrogen) atoms. The standard InChI is InChI=1S/C20H24N4O2/c21-13-19(25)22-14-20(26)24-12-6-11-23(15-16-7-2-1-3-8-16)17-9-4-5-10-18(17)24/h1-5,7-10H,6,11-15,21H2,(H,22,25). The molecule has 6 heteroatoms. The summed E-state index contributed by atoms with van der Waals surface area (Å²) in [6, 6.07) is 18.2. The Kier molecular flexibility index (Phi) is 5.86. The molecule has 6 nitrogen and oxygen atoms in total. The first-order valence-electron chi connectivity index (χ1n) is 8.84. The van der Waals surface area contributed by atoms with Gasteiger partial charge in [-0.15, -0.1) is 0 Å². The normalized spacial score (nSPS) is 13.7. The number of benzene rings is 2. The van der Waals surface area contributed by atoms with Gasteiger partial charge >= 0.3 is 0 Å². The Labute approximate surface area is 153 Å². The Bertz CT molecular complexity index is 763. The molecule has 3 rings (SSSR count). The molecule has 0 aromatic heterocycles. The van der Waals surface area contributed by atoms with E-state index in [1.54, 1.807) is 4.90 Å².